The van der Waals surface area contributed by atoms with Gasteiger partial charge in [-0.25, -0.2) is 4.98 Å². The van der Waals surface area contributed by atoms with Crippen LogP contribution in [-0.2, 0) is 14.3 Å². The smallest absolute Gasteiger partial charge is 0.287 e. The average Bonchev–Trinajstić information content (AvgIpc) is 2.90. The normalized spacial score (nSPS) is 18.9. The van der Waals surface area contributed by atoms with Gasteiger partial charge in [-0.05, 0) is 49.6 Å². The van der Waals surface area contributed by atoms with Gasteiger partial charge in [-0.3, -0.25) is 14.9 Å². The van der Waals surface area contributed by atoms with E-state index >= 15 is 0 Å². The van der Waals surface area contributed by atoms with Crippen molar-refractivity contribution in [2.45, 2.75) is 32.0 Å². The molecule has 0 saturated carbocycles. The van der Waals surface area contributed by atoms with Gasteiger partial charge in [0.1, 0.15) is 12.0 Å². The lowest BCUT2D eigenvalue weighted by atomic mass is 9.80. The van der Waals surface area contributed by atoms with E-state index in [1.165, 1.54) is 18.3 Å². The number of hydrogen-bond donors (Lipinski definition) is 3. The second-order valence-electron chi connectivity index (χ2n) is 8.14. The summed E-state index contributed by atoms with van der Waals surface area (Å²) in [5.74, 6) is 2.57. The van der Waals surface area contributed by atoms with E-state index in [0.29, 0.717) is 31.8 Å². The number of nitrogens with zero attached hydrogens (tertiary/aromatic N) is 2. The van der Waals surface area contributed by atoms with Crippen LogP contribution in [0, 0.1) is 28.4 Å². The molecule has 0 unspecified atom stereocenters. The number of nitrogens with one attached hydrogen (secondary N) is 2. The molecule has 190 valence electrons. The van der Waals surface area contributed by atoms with Gasteiger partial charge in [0.05, 0.1) is 4.92 Å². The number of pyridine rings is 1. The van der Waals surface area contributed by atoms with Gasteiger partial charge in [0, 0.05) is 49.8 Å². The van der Waals surface area contributed by atoms with Gasteiger partial charge >= 0.3 is 0 Å². The summed E-state index contributed by atoms with van der Waals surface area (Å²) in [5.41, 5.74) is 1.64. The van der Waals surface area contributed by atoms with Crippen molar-refractivity contribution < 1.29 is 24.3 Å². The molecule has 10 nitrogen and oxygen atoms in total. The molecular weight excluding hydrogens is 464 g/mol. The highest BCUT2D eigenvalue weighted by molar-refractivity contribution is 5.91. The zero-order valence-electron chi connectivity index (χ0n) is 20.1. The van der Waals surface area contributed by atoms with Crippen LogP contribution in [0.4, 0.5) is 11.5 Å². The topological polar surface area (TPSA) is 136 Å². The molecule has 36 heavy (non-hydrogen) atoms. The number of carbonyl (C=O) groups excluding carboxylic acids is 1. The van der Waals surface area contributed by atoms with Crippen molar-refractivity contribution in [3.05, 3.63) is 75.7 Å². The van der Waals surface area contributed by atoms with Crippen LogP contribution >= 0.6 is 0 Å². The minimum Gasteiger partial charge on any atom is -0.459 e. The summed E-state index contributed by atoms with van der Waals surface area (Å²) in [5, 5.41) is 25.9. The number of amides is 1. The van der Waals surface area contributed by atoms with Crippen LogP contribution in [-0.4, -0.2) is 53.5 Å². The Balaban J connectivity index is 1.69. The quantitative estimate of drug-likeness (QED) is 0.177. The average molecular weight is 495 g/mol. The summed E-state index contributed by atoms with van der Waals surface area (Å²) in [6.07, 6.45) is 9.03. The predicted octanol–water partition coefficient (Wildman–Crippen LogP) is 2.95. The lowest BCUT2D eigenvalue weighted by Gasteiger charge is -2.37. The first-order valence-corrected chi connectivity index (χ1v) is 11.8. The summed E-state index contributed by atoms with van der Waals surface area (Å²) in [6, 6.07) is 10.4. The summed E-state index contributed by atoms with van der Waals surface area (Å²) >= 11 is 0. The maximum Gasteiger partial charge on any atom is 0.287 e. The number of aromatic nitrogens is 1. The molecule has 0 aliphatic carbocycles. The molecule has 1 aliphatic heterocycles. The fraction of sp³-hybridized carbons (Fsp3) is 0.385. The van der Waals surface area contributed by atoms with Crippen molar-refractivity contribution in [3.63, 3.8) is 0 Å². The molecule has 0 fully saturated rings. The summed E-state index contributed by atoms with van der Waals surface area (Å²) < 4.78 is 11.8. The number of benzene rings is 1. The third-order valence-corrected chi connectivity index (χ3v) is 5.77. The van der Waals surface area contributed by atoms with Crippen LogP contribution in [0.5, 0.6) is 0 Å². The van der Waals surface area contributed by atoms with Crippen molar-refractivity contribution in [2.75, 3.05) is 31.6 Å². The van der Waals surface area contributed by atoms with E-state index in [0.717, 1.165) is 11.1 Å². The SMILES string of the molecule is C#Cc1ccc([C@@H]2C=C(C(=O)NCCNc3ccc([N+](=O)[O-])cn3)O[C@H](OCC)[C@@H]2CCCO)cc1. The fourth-order valence-electron chi connectivity index (χ4n) is 4.00. The van der Waals surface area contributed by atoms with E-state index in [4.69, 9.17) is 15.9 Å². The largest absolute Gasteiger partial charge is 0.459 e. The molecule has 0 spiro atoms. The lowest BCUT2D eigenvalue weighted by Crippen LogP contribution is -2.39. The molecule has 2 aromatic rings. The Bertz CT molecular complexity index is 1090. The lowest BCUT2D eigenvalue weighted by molar-refractivity contribution is -0.385. The van der Waals surface area contributed by atoms with Gasteiger partial charge < -0.3 is 25.2 Å². The third kappa shape index (κ3) is 7.04. The predicted molar refractivity (Wildman–Crippen MR) is 134 cm³/mol. The van der Waals surface area contributed by atoms with Crippen molar-refractivity contribution in [2.24, 2.45) is 5.92 Å². The van der Waals surface area contributed by atoms with E-state index in [1.54, 1.807) is 6.08 Å². The summed E-state index contributed by atoms with van der Waals surface area (Å²) in [7, 11) is 0. The maximum atomic E-state index is 12.9. The van der Waals surface area contributed by atoms with Crippen molar-refractivity contribution in [1.82, 2.24) is 10.3 Å². The van der Waals surface area contributed by atoms with Gasteiger partial charge in [0.15, 0.2) is 5.76 Å². The second kappa shape index (κ2) is 13.2. The molecule has 3 atom stereocenters. The van der Waals surface area contributed by atoms with Crippen LogP contribution in [0.25, 0.3) is 0 Å². The first kappa shape index (κ1) is 26.7. The van der Waals surface area contributed by atoms with E-state index in [2.05, 4.69) is 21.5 Å². The minimum absolute atomic E-state index is 0.0474. The molecule has 0 saturated heterocycles. The highest BCUT2D eigenvalue weighted by atomic mass is 16.7. The Kier molecular flexibility index (Phi) is 9.80. The standard InChI is InChI=1S/C26H30N4O6/c1-3-18-7-9-19(10-8-18)22-16-23(36-26(35-4-2)21(22)6-5-15-31)25(32)28-14-13-27-24-12-11-20(17-29-24)30(33)34/h1,7-12,16-17,21-22,26,31H,4-6,13-15H2,2H3,(H,27,29)(H,28,32)/t21-,22+,26+/m1/s1. The maximum absolute atomic E-state index is 12.9. The molecule has 1 aromatic heterocycles. The molecule has 0 bridgehead atoms. The summed E-state index contributed by atoms with van der Waals surface area (Å²) in [6.45, 7) is 2.94. The Hall–Kier alpha value is -3.94. The van der Waals surface area contributed by atoms with Gasteiger partial charge in [-0.1, -0.05) is 18.1 Å². The van der Waals surface area contributed by atoms with Crippen LogP contribution in [0.3, 0.4) is 0 Å². The number of nitro groups is 1. The molecule has 1 aromatic carbocycles. The number of hydrogen-bond acceptors (Lipinski definition) is 8. The first-order chi connectivity index (χ1) is 17.5. The number of carbonyl (C=O) groups is 1. The monoisotopic (exact) mass is 494 g/mol. The number of terminal acetylenes is 1. The molecular formula is C26H30N4O6. The van der Waals surface area contributed by atoms with Gasteiger partial charge in [0.25, 0.3) is 11.6 Å². The molecule has 0 radical (unpaired) electrons. The highest BCUT2D eigenvalue weighted by Crippen LogP contribution is 2.39. The van der Waals surface area contributed by atoms with Crippen LogP contribution in [0.1, 0.15) is 36.8 Å². The highest BCUT2D eigenvalue weighted by Gasteiger charge is 2.37. The third-order valence-electron chi connectivity index (χ3n) is 5.77. The zero-order chi connectivity index (χ0) is 25.9. The Morgan fingerprint density at radius 1 is 1.28 bits per heavy atom. The molecule has 10 heteroatoms. The second-order valence-corrected chi connectivity index (χ2v) is 8.14. The van der Waals surface area contributed by atoms with E-state index in [-0.39, 0.29) is 42.3 Å². The number of ether oxygens (including phenoxy) is 2. The number of anilines is 1. The first-order valence-electron chi connectivity index (χ1n) is 11.8. The van der Waals surface area contributed by atoms with Gasteiger partial charge in [-0.15, -0.1) is 6.42 Å². The number of aliphatic hydroxyl groups is 1. The van der Waals surface area contributed by atoms with Gasteiger partial charge in [0.2, 0.25) is 6.29 Å². The molecule has 3 N–H and O–H groups in total. The molecule has 2 heterocycles. The molecule has 1 aliphatic rings. The van der Waals surface area contributed by atoms with Crippen LogP contribution in [0.15, 0.2) is 54.4 Å². The van der Waals surface area contributed by atoms with Crippen molar-refractivity contribution in [3.8, 4) is 12.3 Å². The van der Waals surface area contributed by atoms with Crippen LogP contribution in [0.2, 0.25) is 0 Å². The number of allylic oxidation sites excluding steroid dienone is 1. The summed E-state index contributed by atoms with van der Waals surface area (Å²) in [4.78, 5) is 27.1. The Morgan fingerprint density at radius 2 is 2.06 bits per heavy atom. The number of aliphatic hydroxyl groups excluding tert-OH is 1. The van der Waals surface area contributed by atoms with E-state index in [9.17, 15) is 20.0 Å². The number of rotatable bonds is 12. The zero-order valence-corrected chi connectivity index (χ0v) is 20.1. The van der Waals surface area contributed by atoms with E-state index in [1.807, 2.05) is 31.2 Å². The van der Waals surface area contributed by atoms with Crippen molar-refractivity contribution >= 4 is 17.4 Å². The van der Waals surface area contributed by atoms with Crippen LogP contribution < -0.4 is 10.6 Å². The Labute approximate surface area is 209 Å². The molecule has 3 rings (SSSR count). The minimum atomic E-state index is -0.646. The van der Waals surface area contributed by atoms with E-state index < -0.39 is 11.2 Å². The Morgan fingerprint density at radius 3 is 2.67 bits per heavy atom. The van der Waals surface area contributed by atoms with Crippen molar-refractivity contribution in [1.29, 1.82) is 0 Å². The molecule has 1 amide bonds. The fourth-order valence-corrected chi connectivity index (χ4v) is 4.00. The van der Waals surface area contributed by atoms with Gasteiger partial charge in [-0.2, -0.15) is 0 Å².